The fraction of sp³-hybridized carbons (Fsp3) is 0.0204. The second-order valence-corrected chi connectivity index (χ2v) is 14.3. The van der Waals surface area contributed by atoms with Gasteiger partial charge in [-0.15, -0.1) is 0 Å². The summed E-state index contributed by atoms with van der Waals surface area (Å²) in [5, 5.41) is 11.9. The highest BCUT2D eigenvalue weighted by atomic mass is 16.5. The van der Waals surface area contributed by atoms with E-state index >= 15 is 0 Å². The van der Waals surface area contributed by atoms with Crippen LogP contribution in [0.3, 0.4) is 0 Å². The van der Waals surface area contributed by atoms with Gasteiger partial charge in [-0.2, -0.15) is 5.26 Å². The molecule has 3 aromatic heterocycles. The van der Waals surface area contributed by atoms with Gasteiger partial charge in [-0.25, -0.2) is 4.85 Å². The average molecular weight is 731 g/mol. The van der Waals surface area contributed by atoms with E-state index in [-0.39, 0.29) is 0 Å². The molecular formula is C49H26N6O2. The average Bonchev–Trinajstić information content (AvgIpc) is 3.75. The lowest BCUT2D eigenvalue weighted by Crippen LogP contribution is -2.33. The first-order valence-corrected chi connectivity index (χ1v) is 18.6. The van der Waals surface area contributed by atoms with Crippen molar-refractivity contribution in [3.8, 4) is 46.1 Å². The highest BCUT2D eigenvalue weighted by Crippen LogP contribution is 2.65. The third-order valence-electron chi connectivity index (χ3n) is 11.6. The zero-order valence-electron chi connectivity index (χ0n) is 30.0. The summed E-state index contributed by atoms with van der Waals surface area (Å²) in [6, 6.07) is 51.0. The molecule has 1 spiro atoms. The van der Waals surface area contributed by atoms with Crippen molar-refractivity contribution in [1.29, 1.82) is 5.26 Å². The summed E-state index contributed by atoms with van der Waals surface area (Å²) in [5.74, 6) is 2.61. The molecule has 0 amide bonds. The van der Waals surface area contributed by atoms with E-state index in [9.17, 15) is 5.26 Å². The van der Waals surface area contributed by atoms with E-state index in [0.29, 0.717) is 34.2 Å². The Kier molecular flexibility index (Phi) is 6.24. The van der Waals surface area contributed by atoms with Gasteiger partial charge in [-0.3, -0.25) is 14.9 Å². The highest BCUT2D eigenvalue weighted by Gasteiger charge is 2.54. The maximum absolute atomic E-state index is 9.84. The van der Waals surface area contributed by atoms with E-state index in [1.54, 1.807) is 6.07 Å². The van der Waals surface area contributed by atoms with Crippen LogP contribution in [0.5, 0.6) is 23.0 Å². The molecular weight excluding hydrogens is 705 g/mol. The summed E-state index contributed by atoms with van der Waals surface area (Å²) in [4.78, 5) is 15.9. The van der Waals surface area contributed by atoms with Crippen LogP contribution in [0.4, 0.5) is 22.7 Å². The summed E-state index contributed by atoms with van der Waals surface area (Å²) >= 11 is 0. The number of nitriles is 1. The Labute approximate surface area is 326 Å². The van der Waals surface area contributed by atoms with Crippen molar-refractivity contribution < 1.29 is 9.47 Å². The first-order valence-electron chi connectivity index (χ1n) is 18.6. The van der Waals surface area contributed by atoms with Crippen molar-refractivity contribution in [2.45, 2.75) is 5.41 Å². The minimum atomic E-state index is -0.864. The Morgan fingerprint density at radius 1 is 0.561 bits per heavy atom. The van der Waals surface area contributed by atoms with Gasteiger partial charge < -0.3 is 14.0 Å². The Bertz CT molecular complexity index is 3270. The van der Waals surface area contributed by atoms with Gasteiger partial charge >= 0.3 is 0 Å². The predicted molar refractivity (Wildman–Crippen MR) is 219 cm³/mol. The molecule has 8 heteroatoms. The smallest absolute Gasteiger partial charge is 0.188 e. The quantitative estimate of drug-likeness (QED) is 0.165. The number of fused-ring (bicyclic) bond motifs is 14. The number of rotatable bonds is 2. The molecule has 0 fully saturated rings. The molecule has 264 valence electrons. The molecule has 0 bridgehead atoms. The number of nitrogens with zero attached hydrogens (tertiary/aromatic N) is 6. The van der Waals surface area contributed by atoms with Crippen LogP contribution in [0.1, 0.15) is 27.8 Å². The Morgan fingerprint density at radius 2 is 1.21 bits per heavy atom. The first-order chi connectivity index (χ1) is 28.2. The summed E-state index contributed by atoms with van der Waals surface area (Å²) in [6.45, 7) is 7.78. The van der Waals surface area contributed by atoms with Gasteiger partial charge in [0.2, 0.25) is 0 Å². The fourth-order valence-corrected chi connectivity index (χ4v) is 9.35. The molecule has 0 radical (unpaired) electrons. The molecule has 1 aliphatic carbocycles. The van der Waals surface area contributed by atoms with E-state index in [0.717, 1.165) is 78.2 Å². The number of pyridine rings is 2. The monoisotopic (exact) mass is 730 g/mol. The maximum Gasteiger partial charge on any atom is 0.188 e. The summed E-state index contributed by atoms with van der Waals surface area (Å²) in [6.07, 6.45) is 3.66. The predicted octanol–water partition coefficient (Wildman–Crippen LogP) is 12.0. The van der Waals surface area contributed by atoms with Gasteiger partial charge in [0, 0.05) is 35.0 Å². The van der Waals surface area contributed by atoms with Crippen molar-refractivity contribution in [2.75, 3.05) is 4.90 Å². The van der Waals surface area contributed by atoms with Crippen molar-refractivity contribution in [2.24, 2.45) is 0 Å². The third kappa shape index (κ3) is 4.03. The number of aromatic nitrogens is 3. The summed E-state index contributed by atoms with van der Waals surface area (Å²) in [7, 11) is 0. The molecule has 2 aliphatic heterocycles. The van der Waals surface area contributed by atoms with Crippen LogP contribution < -0.4 is 14.4 Å². The van der Waals surface area contributed by atoms with Crippen molar-refractivity contribution in [3.05, 3.63) is 197 Å². The first kappa shape index (κ1) is 31.2. The van der Waals surface area contributed by atoms with Gasteiger partial charge in [0.1, 0.15) is 0 Å². The van der Waals surface area contributed by atoms with Crippen LogP contribution >= 0.6 is 0 Å². The van der Waals surface area contributed by atoms with E-state index in [4.69, 9.17) is 26.0 Å². The van der Waals surface area contributed by atoms with Crippen LogP contribution in [0, 0.1) is 17.9 Å². The van der Waals surface area contributed by atoms with Gasteiger partial charge in [0.05, 0.1) is 68.8 Å². The van der Waals surface area contributed by atoms with Gasteiger partial charge in [0.25, 0.3) is 0 Å². The minimum absolute atomic E-state index is 0.505. The normalized spacial score (nSPS) is 13.6. The molecule has 0 saturated carbocycles. The minimum Gasteiger partial charge on any atom is -0.453 e. The van der Waals surface area contributed by atoms with Crippen molar-refractivity contribution in [3.63, 3.8) is 0 Å². The van der Waals surface area contributed by atoms with Crippen molar-refractivity contribution in [1.82, 2.24) is 14.5 Å². The molecule has 0 saturated heterocycles. The molecule has 5 heterocycles. The Hall–Kier alpha value is -8.20. The molecule has 6 aromatic carbocycles. The fourth-order valence-electron chi connectivity index (χ4n) is 9.35. The largest absolute Gasteiger partial charge is 0.453 e. The SMILES string of the molecule is [C-]#[N+]c1ccc2c(c1)c1ccccc1n2-c1cccc2c1Oc1c(N3c4ccccc4Oc4cc(C#N)ccc43)cccc1C21c2cccnc2-c2ncccc21. The van der Waals surface area contributed by atoms with E-state index in [2.05, 4.69) is 81.0 Å². The van der Waals surface area contributed by atoms with E-state index in [1.165, 1.54) is 0 Å². The molecule has 3 aliphatic rings. The second kappa shape index (κ2) is 11.4. The molecule has 9 aromatic rings. The summed E-state index contributed by atoms with van der Waals surface area (Å²) < 4.78 is 16.2. The van der Waals surface area contributed by atoms with Gasteiger partial charge in [-0.05, 0) is 83.2 Å². The maximum atomic E-state index is 9.84. The van der Waals surface area contributed by atoms with Gasteiger partial charge in [-0.1, -0.05) is 72.8 Å². The van der Waals surface area contributed by atoms with E-state index < -0.39 is 5.41 Å². The van der Waals surface area contributed by atoms with Crippen LogP contribution in [0.2, 0.25) is 0 Å². The third-order valence-corrected chi connectivity index (χ3v) is 11.6. The zero-order valence-corrected chi connectivity index (χ0v) is 30.0. The van der Waals surface area contributed by atoms with Gasteiger partial charge in [0.15, 0.2) is 28.7 Å². The number of para-hydroxylation sites is 5. The number of hydrogen-bond donors (Lipinski definition) is 0. The molecule has 12 rings (SSSR count). The number of benzene rings is 6. The lowest BCUT2D eigenvalue weighted by Gasteiger charge is -2.42. The summed E-state index contributed by atoms with van der Waals surface area (Å²) in [5.41, 5.74) is 11.1. The second-order valence-electron chi connectivity index (χ2n) is 14.3. The van der Waals surface area contributed by atoms with Crippen LogP contribution in [0.15, 0.2) is 158 Å². The topological polar surface area (TPSA) is 80.6 Å². The Morgan fingerprint density at radius 3 is 1.98 bits per heavy atom. The van der Waals surface area contributed by atoms with Crippen molar-refractivity contribution >= 4 is 44.6 Å². The molecule has 57 heavy (non-hydrogen) atoms. The van der Waals surface area contributed by atoms with E-state index in [1.807, 2.05) is 91.3 Å². The highest BCUT2D eigenvalue weighted by molar-refractivity contribution is 6.10. The number of ether oxygens (including phenoxy) is 2. The molecule has 0 unspecified atom stereocenters. The Balaban J connectivity index is 1.22. The van der Waals surface area contributed by atoms with Crippen LogP contribution in [-0.2, 0) is 5.41 Å². The molecule has 0 atom stereocenters. The zero-order chi connectivity index (χ0) is 37.8. The van der Waals surface area contributed by atoms with Crippen LogP contribution in [-0.4, -0.2) is 14.5 Å². The molecule has 8 nitrogen and oxygen atoms in total. The lowest BCUT2D eigenvalue weighted by atomic mass is 9.66. The molecule has 0 N–H and O–H groups in total. The number of anilines is 3. The van der Waals surface area contributed by atoms with Crippen LogP contribution in [0.25, 0.3) is 43.7 Å². The number of hydrogen-bond acceptors (Lipinski definition) is 6. The standard InChI is InChI=1S/C49H26N6O2/c1-51-30-21-23-38-32(27-30)31-10-2-3-15-37(31)54(38)41-17-6-11-35-47(41)57-48-36(49(35)33-13-8-24-52-45(33)46-34(49)14-9-25-53-46)12-7-18-42(48)55-39-16-4-5-19-43(39)56-44-26-29(28-50)20-22-40(44)55/h2-27H. The lowest BCUT2D eigenvalue weighted by molar-refractivity contribution is 0.434.